The smallest absolute Gasteiger partial charge is 0.363 e. The van der Waals surface area contributed by atoms with Gasteiger partial charge in [-0.2, -0.15) is 13.2 Å². The fraction of sp³-hybridized carbons (Fsp3) is 0.333. The summed E-state index contributed by atoms with van der Waals surface area (Å²) in [5.74, 6) is 0. The fourth-order valence-electron chi connectivity index (χ4n) is 0.673. The van der Waals surface area contributed by atoms with Crippen molar-refractivity contribution < 1.29 is 13.2 Å². The van der Waals surface area contributed by atoms with Gasteiger partial charge in [0.05, 0.1) is 0 Å². The highest BCUT2D eigenvalue weighted by Crippen LogP contribution is 2.28. The maximum atomic E-state index is 12.1. The number of rotatable bonds is 0. The number of alkyl halides is 3. The fourth-order valence-corrected chi connectivity index (χ4v) is 0.673. The maximum Gasteiger partial charge on any atom is 0.428 e. The van der Waals surface area contributed by atoms with Crippen molar-refractivity contribution in [1.82, 2.24) is 5.32 Å². The predicted octanol–water partition coefficient (Wildman–Crippen LogP) is 0.877. The Hall–Kier alpha value is -0.970. The molecule has 0 aliphatic carbocycles. The van der Waals surface area contributed by atoms with Crippen LogP contribution in [0.2, 0.25) is 0 Å². The van der Waals surface area contributed by atoms with Crippen LogP contribution in [-0.2, 0) is 0 Å². The second-order valence-corrected chi connectivity index (χ2v) is 2.23. The third-order valence-corrected chi connectivity index (χ3v) is 1.36. The Bertz CT molecular complexity index is 206. The Kier molecular flexibility index (Phi) is 1.67. The van der Waals surface area contributed by atoms with Crippen LogP contribution in [0.3, 0.4) is 0 Å². The molecule has 11 heavy (non-hydrogen) atoms. The Balaban J connectivity index is 2.84. The van der Waals surface area contributed by atoms with Crippen LogP contribution >= 0.6 is 0 Å². The van der Waals surface area contributed by atoms with Crippen LogP contribution in [0.15, 0.2) is 24.4 Å². The van der Waals surface area contributed by atoms with Crippen LogP contribution in [0.5, 0.6) is 0 Å². The van der Waals surface area contributed by atoms with E-state index in [1.807, 2.05) is 5.32 Å². The molecule has 0 radical (unpaired) electrons. The molecule has 3 N–H and O–H groups in total. The van der Waals surface area contributed by atoms with Crippen molar-refractivity contribution in [1.29, 1.82) is 0 Å². The summed E-state index contributed by atoms with van der Waals surface area (Å²) in [6, 6.07) is 0. The molecule has 0 aromatic carbocycles. The minimum atomic E-state index is -4.46. The van der Waals surface area contributed by atoms with Gasteiger partial charge in [-0.05, 0) is 18.4 Å². The molecule has 0 aromatic heterocycles. The molecule has 0 unspecified atom stereocenters. The molecule has 1 aliphatic heterocycles. The van der Waals surface area contributed by atoms with Gasteiger partial charge in [-0.1, -0.05) is 6.08 Å². The van der Waals surface area contributed by atoms with Crippen molar-refractivity contribution in [2.75, 3.05) is 0 Å². The number of allylic oxidation sites excluding steroid dienone is 2. The number of hydrogen-bond acceptors (Lipinski definition) is 2. The second-order valence-electron chi connectivity index (χ2n) is 2.23. The van der Waals surface area contributed by atoms with Gasteiger partial charge >= 0.3 is 6.18 Å². The monoisotopic (exact) mass is 164 g/mol. The molecule has 62 valence electrons. The van der Waals surface area contributed by atoms with E-state index >= 15 is 0 Å². The van der Waals surface area contributed by atoms with E-state index in [-0.39, 0.29) is 0 Å². The zero-order valence-corrected chi connectivity index (χ0v) is 5.52. The molecule has 0 amide bonds. The Morgan fingerprint density at radius 1 is 1.27 bits per heavy atom. The molecule has 1 aliphatic rings. The van der Waals surface area contributed by atoms with Gasteiger partial charge in [0.25, 0.3) is 0 Å². The molecule has 0 saturated carbocycles. The summed E-state index contributed by atoms with van der Waals surface area (Å²) in [4.78, 5) is 0. The molecule has 2 nitrogen and oxygen atoms in total. The normalized spacial score (nSPS) is 30.2. The summed E-state index contributed by atoms with van der Waals surface area (Å²) < 4.78 is 36.2. The minimum Gasteiger partial charge on any atom is -0.363 e. The molecule has 1 heterocycles. The average molecular weight is 164 g/mol. The van der Waals surface area contributed by atoms with Crippen molar-refractivity contribution in [3.8, 4) is 0 Å². The van der Waals surface area contributed by atoms with E-state index in [9.17, 15) is 13.2 Å². The van der Waals surface area contributed by atoms with E-state index in [0.29, 0.717) is 0 Å². The first-order valence-corrected chi connectivity index (χ1v) is 2.93. The van der Waals surface area contributed by atoms with E-state index in [2.05, 4.69) is 0 Å². The van der Waals surface area contributed by atoms with Crippen molar-refractivity contribution in [3.05, 3.63) is 24.4 Å². The Morgan fingerprint density at radius 2 is 1.91 bits per heavy atom. The molecule has 1 atom stereocenters. The number of nitrogens with one attached hydrogen (secondary N) is 1. The highest BCUT2D eigenvalue weighted by atomic mass is 19.4. The number of halogens is 3. The largest absolute Gasteiger partial charge is 0.428 e. The summed E-state index contributed by atoms with van der Waals surface area (Å²) in [5.41, 5.74) is 2.56. The average Bonchev–Trinajstić information content (AvgIpc) is 1.87. The molecule has 0 fully saturated rings. The first kappa shape index (κ1) is 8.13. The highest BCUT2D eigenvalue weighted by Gasteiger charge is 2.50. The van der Waals surface area contributed by atoms with Crippen LogP contribution in [0.4, 0.5) is 13.2 Å². The van der Waals surface area contributed by atoms with Crippen LogP contribution in [0.25, 0.3) is 0 Å². The van der Waals surface area contributed by atoms with Crippen LogP contribution < -0.4 is 11.1 Å². The SMILES string of the molecule is N[C@@]1(C(F)(F)F)C=CC=CN1. The lowest BCUT2D eigenvalue weighted by atomic mass is 10.1. The predicted molar refractivity (Wildman–Crippen MR) is 34.4 cm³/mol. The van der Waals surface area contributed by atoms with Gasteiger partial charge in [-0.3, -0.25) is 5.73 Å². The van der Waals surface area contributed by atoms with E-state index < -0.39 is 11.8 Å². The molecular formula is C6H7F3N2. The van der Waals surface area contributed by atoms with E-state index in [4.69, 9.17) is 5.73 Å². The lowest BCUT2D eigenvalue weighted by molar-refractivity contribution is -0.177. The van der Waals surface area contributed by atoms with Crippen molar-refractivity contribution in [2.45, 2.75) is 11.8 Å². The quantitative estimate of drug-likeness (QED) is 0.557. The zero-order chi connectivity index (χ0) is 8.54. The summed E-state index contributed by atoms with van der Waals surface area (Å²) in [6.07, 6.45) is 0.260. The lowest BCUT2D eigenvalue weighted by Crippen LogP contribution is -2.61. The lowest BCUT2D eigenvalue weighted by Gasteiger charge is -2.30. The maximum absolute atomic E-state index is 12.1. The third kappa shape index (κ3) is 1.37. The molecular weight excluding hydrogens is 157 g/mol. The van der Waals surface area contributed by atoms with Gasteiger partial charge in [0.1, 0.15) is 0 Å². The van der Waals surface area contributed by atoms with Crippen LogP contribution in [0.1, 0.15) is 0 Å². The van der Waals surface area contributed by atoms with Gasteiger partial charge in [0.15, 0.2) is 0 Å². The third-order valence-electron chi connectivity index (χ3n) is 1.36. The van der Waals surface area contributed by atoms with Gasteiger partial charge in [0.2, 0.25) is 5.66 Å². The van der Waals surface area contributed by atoms with Gasteiger partial charge < -0.3 is 5.32 Å². The van der Waals surface area contributed by atoms with Crippen molar-refractivity contribution >= 4 is 0 Å². The summed E-state index contributed by atoms with van der Waals surface area (Å²) in [7, 11) is 0. The first-order chi connectivity index (χ1) is 4.96. The standard InChI is InChI=1S/C6H7F3N2/c7-6(8,9)5(10)3-1-2-4-11-5/h1-4,11H,10H2/t5-/m0/s1. The number of hydrogen-bond donors (Lipinski definition) is 2. The summed E-state index contributed by atoms with van der Waals surface area (Å²) in [6.45, 7) is 0. The summed E-state index contributed by atoms with van der Waals surface area (Å²) >= 11 is 0. The Labute approximate surface area is 61.6 Å². The van der Waals surface area contributed by atoms with Gasteiger partial charge in [0, 0.05) is 0 Å². The van der Waals surface area contributed by atoms with E-state index in [0.717, 1.165) is 12.3 Å². The zero-order valence-electron chi connectivity index (χ0n) is 5.52. The van der Waals surface area contributed by atoms with Crippen LogP contribution in [-0.4, -0.2) is 11.8 Å². The topological polar surface area (TPSA) is 38.0 Å². The number of dihydropyridines is 1. The van der Waals surface area contributed by atoms with E-state index in [1.165, 1.54) is 12.2 Å². The second kappa shape index (κ2) is 2.27. The minimum absolute atomic E-state index is 0.868. The Morgan fingerprint density at radius 3 is 2.18 bits per heavy atom. The van der Waals surface area contributed by atoms with Crippen molar-refractivity contribution in [3.63, 3.8) is 0 Å². The van der Waals surface area contributed by atoms with Gasteiger partial charge in [-0.25, -0.2) is 0 Å². The van der Waals surface area contributed by atoms with E-state index in [1.54, 1.807) is 0 Å². The molecule has 5 heteroatoms. The van der Waals surface area contributed by atoms with Gasteiger partial charge in [-0.15, -0.1) is 0 Å². The molecule has 1 rings (SSSR count). The van der Waals surface area contributed by atoms with Crippen LogP contribution in [0, 0.1) is 0 Å². The highest BCUT2D eigenvalue weighted by molar-refractivity contribution is 5.19. The first-order valence-electron chi connectivity index (χ1n) is 2.93. The molecule has 0 bridgehead atoms. The number of nitrogens with two attached hydrogens (primary N) is 1. The molecule has 0 spiro atoms. The summed E-state index contributed by atoms with van der Waals surface area (Å²) in [5, 5.41) is 2.02. The van der Waals surface area contributed by atoms with Crippen molar-refractivity contribution in [2.24, 2.45) is 5.73 Å². The molecule has 0 aromatic rings. The molecule has 0 saturated heterocycles.